The van der Waals surface area contributed by atoms with Gasteiger partial charge in [0.25, 0.3) is 6.71 Å². The summed E-state index contributed by atoms with van der Waals surface area (Å²) in [6, 6.07) is 59.4. The number of hydrogen-bond donors (Lipinski definition) is 0. The second kappa shape index (κ2) is 11.1. The molecule has 4 fully saturated rings. The van der Waals surface area contributed by atoms with E-state index in [9.17, 15) is 0 Å². The predicted molar refractivity (Wildman–Crippen MR) is 244 cm³/mol. The molecule has 6 atom stereocenters. The Morgan fingerprint density at radius 1 is 0.424 bits per heavy atom. The number of fused-ring (bicyclic) bond motifs is 21. The van der Waals surface area contributed by atoms with E-state index >= 15 is 0 Å². The Hall–Kier alpha value is -5.80. The van der Waals surface area contributed by atoms with Crippen LogP contribution in [0.5, 0.6) is 0 Å². The molecule has 282 valence electrons. The van der Waals surface area contributed by atoms with Gasteiger partial charge < -0.3 is 9.80 Å². The van der Waals surface area contributed by atoms with Crippen LogP contribution in [0.1, 0.15) is 73.6 Å². The second-order valence-corrected chi connectivity index (χ2v) is 19.6. The molecule has 2 spiro atoms. The van der Waals surface area contributed by atoms with Gasteiger partial charge in [0.05, 0.1) is 0 Å². The Bertz CT molecular complexity index is 2970. The Labute approximate surface area is 347 Å². The summed E-state index contributed by atoms with van der Waals surface area (Å²) in [5.41, 5.74) is 24.8. The van der Waals surface area contributed by atoms with Crippen molar-refractivity contribution in [1.29, 1.82) is 0 Å². The fourth-order valence-corrected chi connectivity index (χ4v) is 15.5. The summed E-state index contributed by atoms with van der Waals surface area (Å²) in [4.78, 5) is 5.25. The predicted octanol–water partition coefficient (Wildman–Crippen LogP) is 11.9. The molecule has 59 heavy (non-hydrogen) atoms. The molecule has 4 bridgehead atoms. The average Bonchev–Trinajstić information content (AvgIpc) is 4.17. The van der Waals surface area contributed by atoms with Crippen molar-refractivity contribution < 1.29 is 0 Å². The molecule has 15 rings (SSSR count). The van der Waals surface area contributed by atoms with Gasteiger partial charge in [-0.25, -0.2) is 0 Å². The zero-order chi connectivity index (χ0) is 38.2. The van der Waals surface area contributed by atoms with Crippen LogP contribution in [0.15, 0.2) is 152 Å². The van der Waals surface area contributed by atoms with Crippen molar-refractivity contribution >= 4 is 57.2 Å². The first-order chi connectivity index (χ1) is 29.2. The molecule has 0 saturated heterocycles. The van der Waals surface area contributed by atoms with E-state index in [1.807, 2.05) is 0 Å². The van der Waals surface area contributed by atoms with Gasteiger partial charge in [0.15, 0.2) is 0 Å². The molecule has 8 aliphatic rings. The summed E-state index contributed by atoms with van der Waals surface area (Å²) in [6.45, 7) is 0.0903. The Kier molecular flexibility index (Phi) is 6.02. The summed E-state index contributed by atoms with van der Waals surface area (Å²) in [6.07, 6.45) is 10.8. The first kappa shape index (κ1) is 32.1. The number of benzene rings is 7. The smallest absolute Gasteiger partial charge is 0.252 e. The monoisotopic (exact) mass is 756 g/mol. The van der Waals surface area contributed by atoms with Gasteiger partial charge >= 0.3 is 0 Å². The Morgan fingerprint density at radius 3 is 1.61 bits per heavy atom. The highest BCUT2D eigenvalue weighted by Gasteiger charge is 2.60. The van der Waals surface area contributed by atoms with Gasteiger partial charge in [0.2, 0.25) is 0 Å². The highest BCUT2D eigenvalue weighted by molar-refractivity contribution is 7.01. The van der Waals surface area contributed by atoms with E-state index in [-0.39, 0.29) is 17.5 Å². The molecule has 4 saturated carbocycles. The fourth-order valence-electron chi connectivity index (χ4n) is 15.5. The summed E-state index contributed by atoms with van der Waals surface area (Å²) in [5, 5.41) is 0. The van der Waals surface area contributed by atoms with Crippen LogP contribution in [0.3, 0.4) is 0 Å². The Morgan fingerprint density at radius 2 is 0.983 bits per heavy atom. The summed E-state index contributed by atoms with van der Waals surface area (Å²) in [7, 11) is 0. The van der Waals surface area contributed by atoms with Gasteiger partial charge in [-0.2, -0.15) is 0 Å². The van der Waals surface area contributed by atoms with Gasteiger partial charge in [0, 0.05) is 45.0 Å². The lowest BCUT2D eigenvalue weighted by Crippen LogP contribution is -2.62. The van der Waals surface area contributed by atoms with Crippen LogP contribution < -0.4 is 26.2 Å². The van der Waals surface area contributed by atoms with Crippen LogP contribution in [-0.2, 0) is 10.8 Å². The molecular weight excluding hydrogens is 711 g/mol. The van der Waals surface area contributed by atoms with Crippen LogP contribution >= 0.6 is 0 Å². The molecule has 0 amide bonds. The Balaban J connectivity index is 1.09. The van der Waals surface area contributed by atoms with E-state index in [2.05, 4.69) is 161 Å². The normalized spacial score (nSPS) is 27.5. The molecule has 3 unspecified atom stereocenters. The molecule has 7 aromatic carbocycles. The van der Waals surface area contributed by atoms with Crippen LogP contribution in [0, 0.1) is 23.7 Å². The van der Waals surface area contributed by atoms with Crippen LogP contribution in [-0.4, -0.2) is 6.71 Å². The quantitative estimate of drug-likeness (QED) is 0.162. The standard InChI is InChI=1S/C56H45BN2/c1-3-12-38(13-4-1)58-48-20-11-21-49-53(48)57(54-50(58)27-26-45-52(54)41-17-8-10-19-44(41)55(45)32-34-22-24-36(55)28-34)47-31-46-42(30-51(47)59(49)39-14-5-2-6-15-39)40-16-7-9-18-43(40)56(46)33-35-23-25-37(56)29-35/h1-21,26-27,30-31,34-37H,22-25,28-29,32-33H2/t34?,35-,36?,37+,55?,56-/m0/s1. The third kappa shape index (κ3) is 3.75. The maximum Gasteiger partial charge on any atom is 0.252 e. The minimum Gasteiger partial charge on any atom is -0.311 e. The highest BCUT2D eigenvalue weighted by atomic mass is 15.2. The van der Waals surface area contributed by atoms with Crippen molar-refractivity contribution in [2.75, 3.05) is 9.80 Å². The van der Waals surface area contributed by atoms with E-state index in [1.54, 1.807) is 22.3 Å². The topological polar surface area (TPSA) is 6.48 Å². The van der Waals surface area contributed by atoms with Crippen molar-refractivity contribution in [2.24, 2.45) is 23.7 Å². The van der Waals surface area contributed by atoms with E-state index < -0.39 is 0 Å². The van der Waals surface area contributed by atoms with Crippen molar-refractivity contribution in [2.45, 2.75) is 62.2 Å². The number of para-hydroxylation sites is 2. The lowest BCUT2D eigenvalue weighted by molar-refractivity contribution is 0.327. The van der Waals surface area contributed by atoms with Gasteiger partial charge in [0.1, 0.15) is 0 Å². The fraction of sp³-hybridized carbons (Fsp3) is 0.250. The largest absolute Gasteiger partial charge is 0.311 e. The number of anilines is 6. The molecule has 0 radical (unpaired) electrons. The number of hydrogen-bond acceptors (Lipinski definition) is 2. The van der Waals surface area contributed by atoms with E-state index in [0.717, 1.165) is 17.8 Å². The van der Waals surface area contributed by atoms with Gasteiger partial charge in [-0.05, 0) is 172 Å². The lowest BCUT2D eigenvalue weighted by atomic mass is 9.32. The first-order valence-corrected chi connectivity index (χ1v) is 22.6. The number of nitrogens with zero attached hydrogens (tertiary/aromatic N) is 2. The zero-order valence-corrected chi connectivity index (χ0v) is 33.4. The molecular formula is C56H45BN2. The van der Waals surface area contributed by atoms with Crippen LogP contribution in [0.4, 0.5) is 34.1 Å². The van der Waals surface area contributed by atoms with Crippen molar-refractivity contribution in [3.8, 4) is 22.3 Å². The minimum atomic E-state index is 0.0903. The van der Waals surface area contributed by atoms with Gasteiger partial charge in [-0.15, -0.1) is 0 Å². The summed E-state index contributed by atoms with van der Waals surface area (Å²) in [5.74, 6) is 3.10. The van der Waals surface area contributed by atoms with Crippen molar-refractivity contribution in [1.82, 2.24) is 0 Å². The van der Waals surface area contributed by atoms with E-state index in [1.165, 1.54) is 124 Å². The van der Waals surface area contributed by atoms with E-state index in [4.69, 9.17) is 0 Å². The van der Waals surface area contributed by atoms with Gasteiger partial charge in [-0.3, -0.25) is 0 Å². The molecule has 0 aromatic heterocycles. The average molecular weight is 757 g/mol. The maximum atomic E-state index is 2.79. The van der Waals surface area contributed by atoms with Crippen LogP contribution in [0.2, 0.25) is 0 Å². The molecule has 3 heteroatoms. The van der Waals surface area contributed by atoms with E-state index in [0.29, 0.717) is 5.92 Å². The number of rotatable bonds is 2. The zero-order valence-electron chi connectivity index (χ0n) is 33.4. The molecule has 2 nitrogen and oxygen atoms in total. The maximum absolute atomic E-state index is 2.79. The first-order valence-electron chi connectivity index (χ1n) is 22.6. The molecule has 0 N–H and O–H groups in total. The second-order valence-electron chi connectivity index (χ2n) is 19.6. The third-order valence-corrected chi connectivity index (χ3v) is 17.4. The minimum absolute atomic E-state index is 0.0903. The molecule has 7 aromatic rings. The van der Waals surface area contributed by atoms with Crippen LogP contribution in [0.25, 0.3) is 22.3 Å². The third-order valence-electron chi connectivity index (χ3n) is 17.4. The highest BCUT2D eigenvalue weighted by Crippen LogP contribution is 2.68. The van der Waals surface area contributed by atoms with Crippen molar-refractivity contribution in [3.05, 3.63) is 174 Å². The van der Waals surface area contributed by atoms with Crippen molar-refractivity contribution in [3.63, 3.8) is 0 Å². The summed E-state index contributed by atoms with van der Waals surface area (Å²) < 4.78 is 0. The molecule has 2 aliphatic heterocycles. The summed E-state index contributed by atoms with van der Waals surface area (Å²) >= 11 is 0. The lowest BCUT2D eigenvalue weighted by Gasteiger charge is -2.46. The molecule has 6 aliphatic carbocycles. The molecule has 2 heterocycles. The SMILES string of the molecule is c1ccc(N2c3cc4c(cc3B3c5c2cccc5N(c2ccccc2)c2ccc5c(c23)-c2ccccc2C52CC3CCC2C3)[C@]2(C[C@H]3CC[C@@H]2C3)c2ccccc2-4)cc1. The van der Waals surface area contributed by atoms with Gasteiger partial charge in [-0.1, -0.05) is 116 Å².